The predicted molar refractivity (Wildman–Crippen MR) is 101 cm³/mol. The third kappa shape index (κ3) is 5.58. The van der Waals surface area contributed by atoms with Crippen LogP contribution in [0.1, 0.15) is 42.6 Å². The van der Waals surface area contributed by atoms with Crippen LogP contribution < -0.4 is 10.0 Å². The largest absolute Gasteiger partial charge is 0.322 e. The van der Waals surface area contributed by atoms with Crippen molar-refractivity contribution in [2.24, 2.45) is 0 Å². The van der Waals surface area contributed by atoms with Crippen LogP contribution in [0, 0.1) is 11.6 Å². The molecule has 2 rings (SSSR count). The Morgan fingerprint density at radius 3 is 2.22 bits per heavy atom. The topological polar surface area (TPSA) is 75.3 Å². The van der Waals surface area contributed by atoms with E-state index < -0.39 is 32.8 Å². The highest BCUT2D eigenvalue weighted by molar-refractivity contribution is 7.90. The molecule has 2 aromatic rings. The molecule has 2 N–H and O–H groups in total. The Labute approximate surface area is 157 Å². The standard InChI is InChI=1S/C19H22F2N2O3S/c1-12(2)27(25,26)22-11-13(3)14-4-7-16(8-5-14)23-19(24)17-9-6-15(20)10-18(17)21/h4-10,12-13,22H,11H2,1-3H3,(H,23,24). The molecule has 27 heavy (non-hydrogen) atoms. The molecule has 0 radical (unpaired) electrons. The molecule has 0 aliphatic rings. The number of benzene rings is 2. The van der Waals surface area contributed by atoms with Gasteiger partial charge in [0.1, 0.15) is 11.6 Å². The fourth-order valence-corrected chi connectivity index (χ4v) is 3.11. The summed E-state index contributed by atoms with van der Waals surface area (Å²) in [6, 6.07) is 9.54. The number of anilines is 1. The van der Waals surface area contributed by atoms with Crippen LogP contribution in [-0.2, 0) is 10.0 Å². The van der Waals surface area contributed by atoms with Crippen molar-refractivity contribution in [3.63, 3.8) is 0 Å². The van der Waals surface area contributed by atoms with E-state index in [0.717, 1.165) is 17.7 Å². The van der Waals surface area contributed by atoms with Gasteiger partial charge in [0, 0.05) is 18.3 Å². The van der Waals surface area contributed by atoms with Crippen LogP contribution >= 0.6 is 0 Å². The molecule has 0 saturated heterocycles. The summed E-state index contributed by atoms with van der Waals surface area (Å²) in [5, 5.41) is 2.04. The summed E-state index contributed by atoms with van der Waals surface area (Å²) < 4.78 is 52.8. The molecule has 0 saturated carbocycles. The third-order valence-corrected chi connectivity index (χ3v) is 5.93. The number of hydrogen-bond donors (Lipinski definition) is 2. The maximum absolute atomic E-state index is 13.7. The third-order valence-electron chi connectivity index (χ3n) is 4.12. The van der Waals surface area contributed by atoms with E-state index in [9.17, 15) is 22.0 Å². The van der Waals surface area contributed by atoms with E-state index in [0.29, 0.717) is 11.8 Å². The van der Waals surface area contributed by atoms with Crippen LogP contribution in [0.4, 0.5) is 14.5 Å². The first-order valence-electron chi connectivity index (χ1n) is 8.45. The molecule has 1 unspecified atom stereocenters. The predicted octanol–water partition coefficient (Wildman–Crippen LogP) is 3.65. The van der Waals surface area contributed by atoms with Crippen LogP contribution in [0.2, 0.25) is 0 Å². The zero-order valence-electron chi connectivity index (χ0n) is 15.3. The Kier molecular flexibility index (Phi) is 6.67. The van der Waals surface area contributed by atoms with E-state index in [2.05, 4.69) is 10.0 Å². The van der Waals surface area contributed by atoms with Crippen molar-refractivity contribution < 1.29 is 22.0 Å². The lowest BCUT2D eigenvalue weighted by Gasteiger charge is -2.15. The van der Waals surface area contributed by atoms with Crippen molar-refractivity contribution in [2.45, 2.75) is 31.9 Å². The number of nitrogens with one attached hydrogen (secondary N) is 2. The molecule has 0 aliphatic carbocycles. The summed E-state index contributed by atoms with van der Waals surface area (Å²) in [6.07, 6.45) is 0. The second-order valence-corrected chi connectivity index (χ2v) is 8.87. The van der Waals surface area contributed by atoms with E-state index in [4.69, 9.17) is 0 Å². The molecule has 1 amide bonds. The molecule has 0 aromatic heterocycles. The fraction of sp³-hybridized carbons (Fsp3) is 0.316. The molecular formula is C19H22F2N2O3S. The average Bonchev–Trinajstić information content (AvgIpc) is 2.60. The molecule has 0 spiro atoms. The number of carbonyl (C=O) groups excluding carboxylic acids is 1. The molecule has 0 heterocycles. The second kappa shape index (κ2) is 8.58. The summed E-state index contributed by atoms with van der Waals surface area (Å²) in [6.45, 7) is 5.35. The van der Waals surface area contributed by atoms with Gasteiger partial charge in [-0.3, -0.25) is 4.79 Å². The van der Waals surface area contributed by atoms with E-state index in [1.807, 2.05) is 6.92 Å². The first-order chi connectivity index (χ1) is 12.6. The zero-order chi connectivity index (χ0) is 20.2. The van der Waals surface area contributed by atoms with Gasteiger partial charge in [0.15, 0.2) is 0 Å². The molecule has 0 aliphatic heterocycles. The summed E-state index contributed by atoms with van der Waals surface area (Å²) >= 11 is 0. The summed E-state index contributed by atoms with van der Waals surface area (Å²) in [7, 11) is -3.33. The molecule has 8 heteroatoms. The Morgan fingerprint density at radius 1 is 1.04 bits per heavy atom. The monoisotopic (exact) mass is 396 g/mol. The van der Waals surface area contributed by atoms with Crippen LogP contribution in [0.3, 0.4) is 0 Å². The molecule has 5 nitrogen and oxygen atoms in total. The van der Waals surface area contributed by atoms with Gasteiger partial charge >= 0.3 is 0 Å². The molecular weight excluding hydrogens is 374 g/mol. The lowest BCUT2D eigenvalue weighted by Crippen LogP contribution is -2.33. The van der Waals surface area contributed by atoms with Crippen molar-refractivity contribution >= 4 is 21.6 Å². The van der Waals surface area contributed by atoms with Gasteiger partial charge in [-0.25, -0.2) is 21.9 Å². The molecule has 0 bridgehead atoms. The van der Waals surface area contributed by atoms with Crippen molar-refractivity contribution in [1.29, 1.82) is 0 Å². The van der Waals surface area contributed by atoms with Gasteiger partial charge in [-0.2, -0.15) is 0 Å². The molecule has 146 valence electrons. The quantitative estimate of drug-likeness (QED) is 0.750. The van der Waals surface area contributed by atoms with Crippen molar-refractivity contribution in [3.05, 3.63) is 65.2 Å². The van der Waals surface area contributed by atoms with Gasteiger partial charge in [0.2, 0.25) is 10.0 Å². The van der Waals surface area contributed by atoms with Crippen LogP contribution in [-0.4, -0.2) is 26.1 Å². The van der Waals surface area contributed by atoms with E-state index >= 15 is 0 Å². The summed E-state index contributed by atoms with van der Waals surface area (Å²) in [4.78, 5) is 12.1. The van der Waals surface area contributed by atoms with Crippen LogP contribution in [0.5, 0.6) is 0 Å². The smallest absolute Gasteiger partial charge is 0.258 e. The average molecular weight is 396 g/mol. The Bertz CT molecular complexity index is 913. The second-order valence-electron chi connectivity index (χ2n) is 6.54. The highest BCUT2D eigenvalue weighted by atomic mass is 32.2. The first-order valence-corrected chi connectivity index (χ1v) is 9.99. The van der Waals surface area contributed by atoms with Crippen LogP contribution in [0.25, 0.3) is 0 Å². The maximum atomic E-state index is 13.7. The number of amides is 1. The van der Waals surface area contributed by atoms with Gasteiger partial charge in [-0.15, -0.1) is 0 Å². The minimum absolute atomic E-state index is 0.0715. The minimum atomic E-state index is -3.33. The first kappa shape index (κ1) is 21.0. The number of halogens is 2. The highest BCUT2D eigenvalue weighted by Crippen LogP contribution is 2.19. The Morgan fingerprint density at radius 2 is 1.67 bits per heavy atom. The number of sulfonamides is 1. The number of hydrogen-bond acceptors (Lipinski definition) is 3. The zero-order valence-corrected chi connectivity index (χ0v) is 16.1. The van der Waals surface area contributed by atoms with Gasteiger partial charge < -0.3 is 5.32 Å². The van der Waals surface area contributed by atoms with Crippen molar-refractivity contribution in [1.82, 2.24) is 4.72 Å². The van der Waals surface area contributed by atoms with Gasteiger partial charge in [-0.1, -0.05) is 19.1 Å². The lowest BCUT2D eigenvalue weighted by atomic mass is 10.0. The highest BCUT2D eigenvalue weighted by Gasteiger charge is 2.17. The Balaban J connectivity index is 2.01. The molecule has 2 aromatic carbocycles. The van der Waals surface area contributed by atoms with Crippen molar-refractivity contribution in [3.8, 4) is 0 Å². The SMILES string of the molecule is CC(CNS(=O)(=O)C(C)C)c1ccc(NC(=O)c2ccc(F)cc2F)cc1. The molecule has 1 atom stereocenters. The lowest BCUT2D eigenvalue weighted by molar-refractivity contribution is 0.102. The fourth-order valence-electron chi connectivity index (χ4n) is 2.29. The minimum Gasteiger partial charge on any atom is -0.322 e. The Hall–Kier alpha value is -2.32. The molecule has 0 fully saturated rings. The maximum Gasteiger partial charge on any atom is 0.258 e. The van der Waals surface area contributed by atoms with Crippen LogP contribution in [0.15, 0.2) is 42.5 Å². The van der Waals surface area contributed by atoms with Gasteiger partial charge in [0.05, 0.1) is 10.8 Å². The summed E-state index contributed by atoms with van der Waals surface area (Å²) in [5.74, 6) is -2.44. The van der Waals surface area contributed by atoms with Gasteiger partial charge in [0.25, 0.3) is 5.91 Å². The van der Waals surface area contributed by atoms with E-state index in [-0.39, 0.29) is 18.0 Å². The number of carbonyl (C=O) groups is 1. The van der Waals surface area contributed by atoms with Crippen molar-refractivity contribution in [2.75, 3.05) is 11.9 Å². The van der Waals surface area contributed by atoms with E-state index in [1.54, 1.807) is 38.1 Å². The normalized spacial score (nSPS) is 12.8. The summed E-state index contributed by atoms with van der Waals surface area (Å²) in [5.41, 5.74) is 1.08. The van der Waals surface area contributed by atoms with E-state index in [1.165, 1.54) is 0 Å². The number of rotatable bonds is 7. The van der Waals surface area contributed by atoms with Gasteiger partial charge in [-0.05, 0) is 49.6 Å².